The number of amides is 2. The number of sulfonamides is 1. The Hall–Kier alpha value is -1.68. The third-order valence-corrected chi connectivity index (χ3v) is 9.67. The summed E-state index contributed by atoms with van der Waals surface area (Å²) in [7, 11) is -3.32. The first-order valence-corrected chi connectivity index (χ1v) is 13.4. The van der Waals surface area contributed by atoms with E-state index in [4.69, 9.17) is 11.6 Å². The van der Waals surface area contributed by atoms with Gasteiger partial charge in [0.05, 0.1) is 22.8 Å². The van der Waals surface area contributed by atoms with Crippen molar-refractivity contribution in [1.29, 1.82) is 0 Å². The first-order chi connectivity index (χ1) is 15.3. The topological polar surface area (TPSA) is 108 Å². The Balaban J connectivity index is 1.25. The molecule has 0 saturated carbocycles. The second-order valence-corrected chi connectivity index (χ2v) is 11.9. The van der Waals surface area contributed by atoms with E-state index < -0.39 is 10.0 Å². The van der Waals surface area contributed by atoms with E-state index in [9.17, 15) is 18.0 Å². The molecule has 3 N–H and O–H groups in total. The molecule has 0 unspecified atom stereocenters. The van der Waals surface area contributed by atoms with Crippen molar-refractivity contribution < 1.29 is 18.0 Å². The van der Waals surface area contributed by atoms with Crippen LogP contribution in [0.4, 0.5) is 5.69 Å². The fourth-order valence-electron chi connectivity index (χ4n) is 5.84. The number of halogens is 1. The van der Waals surface area contributed by atoms with Gasteiger partial charge in [-0.25, -0.2) is 8.42 Å². The number of rotatable bonds is 5. The van der Waals surface area contributed by atoms with E-state index in [1.807, 2.05) is 0 Å². The summed E-state index contributed by atoms with van der Waals surface area (Å²) >= 11 is 6.31. The van der Waals surface area contributed by atoms with Gasteiger partial charge in [-0.05, 0) is 75.2 Å². The van der Waals surface area contributed by atoms with Crippen molar-refractivity contribution in [3.05, 3.63) is 28.3 Å². The number of carbonyl (C=O) groups excluding carboxylic acids is 2. The Morgan fingerprint density at radius 2 is 1.94 bits per heavy atom. The minimum absolute atomic E-state index is 0.0575. The van der Waals surface area contributed by atoms with Gasteiger partial charge in [0, 0.05) is 23.8 Å². The van der Waals surface area contributed by atoms with E-state index >= 15 is 0 Å². The zero-order valence-electron chi connectivity index (χ0n) is 17.9. The molecule has 10 heteroatoms. The number of piperidine rings is 2. The maximum Gasteiger partial charge on any atom is 0.253 e. The van der Waals surface area contributed by atoms with Crippen LogP contribution in [-0.4, -0.2) is 61.5 Å². The monoisotopic (exact) mass is 480 g/mol. The van der Waals surface area contributed by atoms with Crippen LogP contribution in [0.2, 0.25) is 5.02 Å². The number of hydrogen-bond donors (Lipinski definition) is 3. The average Bonchev–Trinajstić information content (AvgIpc) is 3.24. The van der Waals surface area contributed by atoms with Crippen molar-refractivity contribution in [2.45, 2.75) is 63.1 Å². The van der Waals surface area contributed by atoms with Crippen molar-refractivity contribution >= 4 is 39.1 Å². The number of nitrogens with zero attached hydrogens (tertiary/aromatic N) is 1. The summed E-state index contributed by atoms with van der Waals surface area (Å²) in [6.07, 6.45) is 5.14. The Labute approximate surface area is 193 Å². The standard InChI is InChI=1S/C22H29ClN4O4S/c23-19-10-20-14(7-21(28)26-20)6-18(19)22(29)25-15-8-16-3-4-17(9-15)27(16)32(30,31)12-13-2-1-5-24-11-13/h6,10,13,15-17,24H,1-5,7-9,11-12H2,(H,25,29)(H,26,28)/t13-,15-,16+,17-/m0/s1. The lowest BCUT2D eigenvalue weighted by molar-refractivity contribution is -0.115. The lowest BCUT2D eigenvalue weighted by Gasteiger charge is -2.39. The fourth-order valence-corrected chi connectivity index (χ4v) is 8.43. The summed E-state index contributed by atoms with van der Waals surface area (Å²) in [6, 6.07) is 3.09. The molecule has 2 bridgehead atoms. The number of fused-ring (bicyclic) bond motifs is 3. The number of carbonyl (C=O) groups is 2. The molecule has 0 radical (unpaired) electrons. The number of anilines is 1. The quantitative estimate of drug-likeness (QED) is 0.596. The summed E-state index contributed by atoms with van der Waals surface area (Å²) in [5, 5.41) is 9.40. The predicted octanol–water partition coefficient (Wildman–Crippen LogP) is 1.89. The smallest absolute Gasteiger partial charge is 0.253 e. The molecule has 32 heavy (non-hydrogen) atoms. The van der Waals surface area contributed by atoms with Gasteiger partial charge in [0.2, 0.25) is 15.9 Å². The van der Waals surface area contributed by atoms with Gasteiger partial charge in [-0.2, -0.15) is 4.31 Å². The maximum absolute atomic E-state index is 13.2. The van der Waals surface area contributed by atoms with Crippen molar-refractivity contribution in [2.24, 2.45) is 5.92 Å². The summed E-state index contributed by atoms with van der Waals surface area (Å²) in [6.45, 7) is 1.73. The van der Waals surface area contributed by atoms with Gasteiger partial charge < -0.3 is 16.0 Å². The first-order valence-electron chi connectivity index (χ1n) is 11.5. The maximum atomic E-state index is 13.2. The number of nitrogens with one attached hydrogen (secondary N) is 3. The zero-order valence-corrected chi connectivity index (χ0v) is 19.5. The molecule has 4 aliphatic heterocycles. The van der Waals surface area contributed by atoms with Crippen LogP contribution < -0.4 is 16.0 Å². The highest BCUT2D eigenvalue weighted by Gasteiger charge is 2.47. The van der Waals surface area contributed by atoms with Crippen molar-refractivity contribution in [2.75, 3.05) is 24.2 Å². The van der Waals surface area contributed by atoms with Crippen LogP contribution in [0, 0.1) is 5.92 Å². The van der Waals surface area contributed by atoms with E-state index in [2.05, 4.69) is 16.0 Å². The number of benzene rings is 1. The minimum atomic E-state index is -3.32. The molecule has 4 heterocycles. The van der Waals surface area contributed by atoms with Crippen LogP contribution >= 0.6 is 11.6 Å². The molecular weight excluding hydrogens is 452 g/mol. The molecule has 4 aliphatic rings. The van der Waals surface area contributed by atoms with Crippen LogP contribution in [0.25, 0.3) is 0 Å². The highest BCUT2D eigenvalue weighted by atomic mass is 35.5. The Morgan fingerprint density at radius 3 is 2.62 bits per heavy atom. The SMILES string of the molecule is O=C1Cc2cc(C(=O)N[C@H]3C[C@H]4CC[C@@H](C3)N4S(=O)(=O)C[C@H]3CCCNC3)c(Cl)cc2N1. The van der Waals surface area contributed by atoms with E-state index in [1.54, 1.807) is 16.4 Å². The van der Waals surface area contributed by atoms with Gasteiger partial charge in [0.15, 0.2) is 0 Å². The number of hydrogen-bond acceptors (Lipinski definition) is 5. The summed E-state index contributed by atoms with van der Waals surface area (Å²) in [5.41, 5.74) is 1.78. The molecule has 3 saturated heterocycles. The van der Waals surface area contributed by atoms with E-state index in [0.29, 0.717) is 29.1 Å². The predicted molar refractivity (Wildman–Crippen MR) is 122 cm³/mol. The largest absolute Gasteiger partial charge is 0.349 e. The molecular formula is C22H29ClN4O4S. The minimum Gasteiger partial charge on any atom is -0.349 e. The average molecular weight is 481 g/mol. The molecule has 2 amide bonds. The molecule has 1 aromatic carbocycles. The Kier molecular flexibility index (Phi) is 5.94. The zero-order chi connectivity index (χ0) is 22.5. The van der Waals surface area contributed by atoms with E-state index in [-0.39, 0.29) is 48.0 Å². The van der Waals surface area contributed by atoms with Crippen molar-refractivity contribution in [3.8, 4) is 0 Å². The summed E-state index contributed by atoms with van der Waals surface area (Å²) in [5.74, 6) is 0.00412. The normalized spacial score (nSPS) is 30.1. The van der Waals surface area contributed by atoms with Gasteiger partial charge in [-0.1, -0.05) is 11.6 Å². The fraction of sp³-hybridized carbons (Fsp3) is 0.636. The van der Waals surface area contributed by atoms with Crippen LogP contribution in [0.1, 0.15) is 54.4 Å². The molecule has 4 atom stereocenters. The summed E-state index contributed by atoms with van der Waals surface area (Å²) in [4.78, 5) is 24.6. The summed E-state index contributed by atoms with van der Waals surface area (Å²) < 4.78 is 28.2. The van der Waals surface area contributed by atoms with Crippen molar-refractivity contribution in [3.63, 3.8) is 0 Å². The lowest BCUT2D eigenvalue weighted by Crippen LogP contribution is -2.53. The Morgan fingerprint density at radius 1 is 1.19 bits per heavy atom. The second-order valence-electron chi connectivity index (χ2n) is 9.56. The van der Waals surface area contributed by atoms with Crippen molar-refractivity contribution in [1.82, 2.24) is 14.9 Å². The van der Waals surface area contributed by atoms with Crippen LogP contribution in [-0.2, 0) is 21.2 Å². The molecule has 5 rings (SSSR count). The van der Waals surface area contributed by atoms with Gasteiger partial charge >= 0.3 is 0 Å². The van der Waals surface area contributed by atoms with Gasteiger partial charge in [0.1, 0.15) is 0 Å². The van der Waals surface area contributed by atoms with Gasteiger partial charge in [-0.15, -0.1) is 0 Å². The van der Waals surface area contributed by atoms with Crippen LogP contribution in [0.5, 0.6) is 0 Å². The lowest BCUT2D eigenvalue weighted by atomic mass is 9.99. The molecule has 174 valence electrons. The van der Waals surface area contributed by atoms with E-state index in [0.717, 1.165) is 44.3 Å². The van der Waals surface area contributed by atoms with Gasteiger partial charge in [0.25, 0.3) is 5.91 Å². The Bertz CT molecular complexity index is 1030. The third kappa shape index (κ3) is 4.27. The van der Waals surface area contributed by atoms with Gasteiger partial charge in [-0.3, -0.25) is 9.59 Å². The molecule has 0 spiro atoms. The molecule has 0 aromatic heterocycles. The first kappa shape index (κ1) is 22.1. The third-order valence-electron chi connectivity index (χ3n) is 7.23. The molecule has 0 aliphatic carbocycles. The second kappa shape index (κ2) is 8.59. The molecule has 3 fully saturated rings. The highest BCUT2D eigenvalue weighted by Crippen LogP contribution is 2.39. The van der Waals surface area contributed by atoms with Crippen LogP contribution in [0.3, 0.4) is 0 Å². The van der Waals surface area contributed by atoms with E-state index in [1.165, 1.54) is 0 Å². The van der Waals surface area contributed by atoms with Crippen LogP contribution in [0.15, 0.2) is 12.1 Å². The highest BCUT2D eigenvalue weighted by molar-refractivity contribution is 7.89. The molecule has 1 aromatic rings. The molecule has 8 nitrogen and oxygen atoms in total.